The zero-order valence-corrected chi connectivity index (χ0v) is 12.7. The van der Waals surface area contributed by atoms with Crippen LogP contribution >= 0.6 is 0 Å². The third-order valence-corrected chi connectivity index (χ3v) is 6.83. The zero-order valence-electron chi connectivity index (χ0n) is 12.7. The van der Waals surface area contributed by atoms with E-state index in [1.165, 1.54) is 26.2 Å². The summed E-state index contributed by atoms with van der Waals surface area (Å²) in [7, 11) is 0. The van der Waals surface area contributed by atoms with E-state index >= 15 is 0 Å². The Morgan fingerprint density at radius 1 is 1.00 bits per heavy atom. The summed E-state index contributed by atoms with van der Waals surface area (Å²) in [5, 5.41) is 3.57. The molecule has 1 aliphatic heterocycles. The lowest BCUT2D eigenvalue weighted by Gasteiger charge is -2.56. The zero-order chi connectivity index (χ0) is 13.0. The summed E-state index contributed by atoms with van der Waals surface area (Å²) in [6, 6.07) is 0. The van der Waals surface area contributed by atoms with Gasteiger partial charge in [0.1, 0.15) is 0 Å². The minimum absolute atomic E-state index is 0.368. The van der Waals surface area contributed by atoms with Gasteiger partial charge >= 0.3 is 0 Å². The molecule has 19 heavy (non-hydrogen) atoms. The van der Waals surface area contributed by atoms with Gasteiger partial charge in [-0.25, -0.2) is 0 Å². The quantitative estimate of drug-likeness (QED) is 0.823. The highest BCUT2D eigenvalue weighted by atomic mass is 15.2. The monoisotopic (exact) mass is 262 g/mol. The Labute approximate surface area is 118 Å². The van der Waals surface area contributed by atoms with Gasteiger partial charge in [0, 0.05) is 31.7 Å². The van der Waals surface area contributed by atoms with E-state index in [-0.39, 0.29) is 0 Å². The van der Waals surface area contributed by atoms with Crippen molar-refractivity contribution >= 4 is 0 Å². The standard InChI is InChI=1S/C17H30N2/c1-17(2)11-18-3-4-19(17)10-16-14-6-12-5-13(8-14)9-15(16)7-12/h12-16,18H,3-11H2,1-2H3. The number of piperazine rings is 1. The molecular formula is C17H30N2. The van der Waals surface area contributed by atoms with Crippen LogP contribution in [0.25, 0.3) is 0 Å². The molecule has 0 atom stereocenters. The summed E-state index contributed by atoms with van der Waals surface area (Å²) >= 11 is 0. The van der Waals surface area contributed by atoms with Crippen molar-refractivity contribution in [2.24, 2.45) is 29.6 Å². The molecule has 4 aliphatic carbocycles. The highest BCUT2D eigenvalue weighted by Crippen LogP contribution is 2.56. The summed E-state index contributed by atoms with van der Waals surface area (Å²) in [6.07, 6.45) is 7.88. The first-order valence-corrected chi connectivity index (χ1v) is 8.57. The lowest BCUT2D eigenvalue weighted by molar-refractivity contribution is -0.0632. The van der Waals surface area contributed by atoms with Crippen molar-refractivity contribution in [3.8, 4) is 0 Å². The van der Waals surface area contributed by atoms with Crippen molar-refractivity contribution in [1.29, 1.82) is 0 Å². The summed E-state index contributed by atoms with van der Waals surface area (Å²) in [4.78, 5) is 2.80. The predicted molar refractivity (Wildman–Crippen MR) is 79.1 cm³/mol. The molecule has 0 amide bonds. The van der Waals surface area contributed by atoms with Gasteiger partial charge in [0.15, 0.2) is 0 Å². The van der Waals surface area contributed by atoms with Crippen LogP contribution in [0.4, 0.5) is 0 Å². The fourth-order valence-electron chi connectivity index (χ4n) is 5.95. The first-order valence-electron chi connectivity index (χ1n) is 8.57. The number of rotatable bonds is 2. The van der Waals surface area contributed by atoms with Gasteiger partial charge in [0.2, 0.25) is 0 Å². The van der Waals surface area contributed by atoms with Gasteiger partial charge in [-0.3, -0.25) is 4.90 Å². The molecule has 0 aromatic carbocycles. The van der Waals surface area contributed by atoms with Gasteiger partial charge < -0.3 is 5.32 Å². The number of hydrogen-bond donors (Lipinski definition) is 1. The molecule has 5 rings (SSSR count). The van der Waals surface area contributed by atoms with Gasteiger partial charge in [0.05, 0.1) is 0 Å². The van der Waals surface area contributed by atoms with Crippen molar-refractivity contribution in [3.63, 3.8) is 0 Å². The van der Waals surface area contributed by atoms with Crippen molar-refractivity contribution < 1.29 is 0 Å². The van der Waals surface area contributed by atoms with Crippen LogP contribution in [0, 0.1) is 29.6 Å². The average molecular weight is 262 g/mol. The SMILES string of the molecule is CC1(C)CNCCN1CC1C2CC3CC(C2)CC1C3. The van der Waals surface area contributed by atoms with Crippen LogP contribution in [0.15, 0.2) is 0 Å². The molecular weight excluding hydrogens is 232 g/mol. The van der Waals surface area contributed by atoms with Crippen LogP contribution in [0.5, 0.6) is 0 Å². The fraction of sp³-hybridized carbons (Fsp3) is 1.00. The molecule has 2 nitrogen and oxygen atoms in total. The lowest BCUT2D eigenvalue weighted by atomic mass is 9.52. The average Bonchev–Trinajstić information content (AvgIpc) is 2.34. The second-order valence-electron chi connectivity index (χ2n) is 8.53. The van der Waals surface area contributed by atoms with E-state index in [1.807, 2.05) is 0 Å². The Kier molecular flexibility index (Phi) is 2.97. The van der Waals surface area contributed by atoms with Crippen LogP contribution in [0.2, 0.25) is 0 Å². The van der Waals surface area contributed by atoms with Crippen molar-refractivity contribution in [1.82, 2.24) is 10.2 Å². The molecule has 4 saturated carbocycles. The van der Waals surface area contributed by atoms with E-state index in [0.29, 0.717) is 5.54 Å². The Hall–Kier alpha value is -0.0800. The minimum atomic E-state index is 0.368. The molecule has 108 valence electrons. The summed E-state index contributed by atoms with van der Waals surface area (Å²) in [5.41, 5.74) is 0.368. The molecule has 0 radical (unpaired) electrons. The third-order valence-electron chi connectivity index (χ3n) is 6.83. The van der Waals surface area contributed by atoms with Crippen LogP contribution in [-0.4, -0.2) is 36.6 Å². The smallest absolute Gasteiger partial charge is 0.0278 e. The normalized spacial score (nSPS) is 48.6. The largest absolute Gasteiger partial charge is 0.314 e. The maximum atomic E-state index is 3.57. The van der Waals surface area contributed by atoms with Crippen LogP contribution in [-0.2, 0) is 0 Å². The molecule has 0 aromatic heterocycles. The molecule has 4 bridgehead atoms. The van der Waals surface area contributed by atoms with Gasteiger partial charge in [-0.2, -0.15) is 0 Å². The topological polar surface area (TPSA) is 15.3 Å². The van der Waals surface area contributed by atoms with Crippen molar-refractivity contribution in [3.05, 3.63) is 0 Å². The molecule has 1 saturated heterocycles. The highest BCUT2D eigenvalue weighted by Gasteiger charge is 2.49. The number of nitrogens with one attached hydrogen (secondary N) is 1. The Morgan fingerprint density at radius 3 is 2.21 bits per heavy atom. The summed E-state index contributed by atoms with van der Waals surface area (Å²) in [5.74, 6) is 5.44. The Balaban J connectivity index is 1.48. The predicted octanol–water partition coefficient (Wildman–Crippen LogP) is 2.74. The summed E-state index contributed by atoms with van der Waals surface area (Å²) < 4.78 is 0. The van der Waals surface area contributed by atoms with Crippen molar-refractivity contribution in [2.75, 3.05) is 26.2 Å². The Morgan fingerprint density at radius 2 is 1.63 bits per heavy atom. The van der Waals surface area contributed by atoms with E-state index in [9.17, 15) is 0 Å². The first-order chi connectivity index (χ1) is 9.12. The Bertz CT molecular complexity index is 321. The highest BCUT2D eigenvalue weighted by molar-refractivity contribution is 5.00. The van der Waals surface area contributed by atoms with Gasteiger partial charge in [-0.05, 0) is 75.5 Å². The second-order valence-corrected chi connectivity index (χ2v) is 8.53. The van der Waals surface area contributed by atoms with E-state index in [2.05, 4.69) is 24.1 Å². The van der Waals surface area contributed by atoms with Crippen LogP contribution < -0.4 is 5.32 Å². The second kappa shape index (κ2) is 4.46. The molecule has 0 spiro atoms. The fourth-order valence-corrected chi connectivity index (χ4v) is 5.95. The lowest BCUT2D eigenvalue weighted by Crippen LogP contribution is -2.60. The molecule has 0 aromatic rings. The van der Waals surface area contributed by atoms with Crippen LogP contribution in [0.1, 0.15) is 46.0 Å². The summed E-state index contributed by atoms with van der Waals surface area (Å²) in [6.45, 7) is 9.86. The molecule has 5 fully saturated rings. The first kappa shape index (κ1) is 12.6. The number of nitrogens with zero attached hydrogens (tertiary/aromatic N) is 1. The van der Waals surface area contributed by atoms with E-state index in [4.69, 9.17) is 0 Å². The molecule has 0 unspecified atom stereocenters. The third kappa shape index (κ3) is 2.15. The maximum Gasteiger partial charge on any atom is 0.0278 e. The minimum Gasteiger partial charge on any atom is -0.314 e. The van der Waals surface area contributed by atoms with E-state index in [0.717, 1.165) is 29.6 Å². The van der Waals surface area contributed by atoms with Crippen molar-refractivity contribution in [2.45, 2.75) is 51.5 Å². The molecule has 1 heterocycles. The number of hydrogen-bond acceptors (Lipinski definition) is 2. The molecule has 2 heteroatoms. The van der Waals surface area contributed by atoms with E-state index in [1.54, 1.807) is 32.1 Å². The van der Waals surface area contributed by atoms with E-state index < -0.39 is 0 Å². The molecule has 1 N–H and O–H groups in total. The van der Waals surface area contributed by atoms with Gasteiger partial charge in [-0.1, -0.05) is 0 Å². The maximum absolute atomic E-state index is 3.57. The molecule has 5 aliphatic rings. The van der Waals surface area contributed by atoms with Crippen LogP contribution in [0.3, 0.4) is 0 Å². The van der Waals surface area contributed by atoms with Gasteiger partial charge in [0.25, 0.3) is 0 Å². The van der Waals surface area contributed by atoms with Gasteiger partial charge in [-0.15, -0.1) is 0 Å².